The van der Waals surface area contributed by atoms with Gasteiger partial charge < -0.3 is 4.98 Å². The van der Waals surface area contributed by atoms with Crippen molar-refractivity contribution in [3.63, 3.8) is 0 Å². The molecule has 0 bridgehead atoms. The van der Waals surface area contributed by atoms with Gasteiger partial charge in [-0.1, -0.05) is 13.8 Å². The molecule has 0 aliphatic carbocycles. The molecule has 1 heterocycles. The van der Waals surface area contributed by atoms with E-state index in [1.54, 1.807) is 12.4 Å². The molecule has 0 spiro atoms. The molecule has 1 aromatic rings. The number of nitrogens with one attached hydrogen (secondary N) is 3. The van der Waals surface area contributed by atoms with Crippen LogP contribution in [0.15, 0.2) is 12.4 Å². The van der Waals surface area contributed by atoms with Gasteiger partial charge in [0.05, 0.1) is 6.04 Å². The number of nitrogens with zero attached hydrogens (tertiary/aromatic N) is 1. The molecule has 3 N–H and O–H groups in total. The number of hydrogen-bond donors (Lipinski definition) is 3. The number of imidazole rings is 1. The van der Waals surface area contributed by atoms with Crippen LogP contribution in [0.1, 0.15) is 38.6 Å². The summed E-state index contributed by atoms with van der Waals surface area (Å²) in [4.78, 5) is 6.94. The van der Waals surface area contributed by atoms with E-state index >= 15 is 0 Å². The summed E-state index contributed by atoms with van der Waals surface area (Å²) in [5.41, 5.74) is 0. The van der Waals surface area contributed by atoms with E-state index in [0.717, 1.165) is 6.42 Å². The van der Waals surface area contributed by atoms with Crippen LogP contribution < -0.4 is 9.44 Å². The van der Waals surface area contributed by atoms with Crippen LogP contribution in [-0.2, 0) is 10.2 Å². The maximum atomic E-state index is 11.6. The smallest absolute Gasteiger partial charge is 0.277 e. The number of aromatic nitrogens is 2. The van der Waals surface area contributed by atoms with Crippen molar-refractivity contribution in [3.8, 4) is 0 Å². The molecule has 1 unspecified atom stereocenters. The van der Waals surface area contributed by atoms with E-state index in [-0.39, 0.29) is 6.04 Å². The maximum absolute atomic E-state index is 11.6. The lowest BCUT2D eigenvalue weighted by atomic mass is 10.2. The van der Waals surface area contributed by atoms with Crippen LogP contribution in [0.2, 0.25) is 0 Å². The molecule has 0 radical (unpaired) electrons. The summed E-state index contributed by atoms with van der Waals surface area (Å²) < 4.78 is 28.2. The molecule has 0 aromatic carbocycles. The summed E-state index contributed by atoms with van der Waals surface area (Å²) >= 11 is 0. The minimum Gasteiger partial charge on any atom is -0.347 e. The van der Waals surface area contributed by atoms with Crippen molar-refractivity contribution in [2.45, 2.75) is 32.7 Å². The van der Waals surface area contributed by atoms with Gasteiger partial charge in [-0.25, -0.2) is 9.71 Å². The first-order valence-electron chi connectivity index (χ1n) is 5.35. The number of H-pyrrole nitrogens is 1. The van der Waals surface area contributed by atoms with Gasteiger partial charge in [-0.2, -0.15) is 13.1 Å². The molecule has 0 fully saturated rings. The zero-order valence-electron chi connectivity index (χ0n) is 9.53. The SMILES string of the molecule is CCCNS(=O)(=O)NC(CC)c1ncc[nH]1. The van der Waals surface area contributed by atoms with E-state index in [2.05, 4.69) is 19.4 Å². The minimum atomic E-state index is -3.44. The summed E-state index contributed by atoms with van der Waals surface area (Å²) in [6, 6.07) is -0.315. The van der Waals surface area contributed by atoms with Crippen molar-refractivity contribution in [3.05, 3.63) is 18.2 Å². The van der Waals surface area contributed by atoms with E-state index in [1.807, 2.05) is 13.8 Å². The summed E-state index contributed by atoms with van der Waals surface area (Å²) in [7, 11) is -3.44. The summed E-state index contributed by atoms with van der Waals surface area (Å²) in [6.07, 6.45) is 4.68. The first kappa shape index (κ1) is 13.1. The predicted octanol–water partition coefficient (Wildman–Crippen LogP) is 0.695. The quantitative estimate of drug-likeness (QED) is 0.661. The van der Waals surface area contributed by atoms with Crippen LogP contribution in [0.4, 0.5) is 0 Å². The molecule has 1 atom stereocenters. The topological polar surface area (TPSA) is 86.9 Å². The highest BCUT2D eigenvalue weighted by atomic mass is 32.2. The zero-order chi connectivity index (χ0) is 12.0. The van der Waals surface area contributed by atoms with Gasteiger partial charge in [0.25, 0.3) is 10.2 Å². The fourth-order valence-corrected chi connectivity index (χ4v) is 2.47. The minimum absolute atomic E-state index is 0.315. The average Bonchev–Trinajstić information content (AvgIpc) is 2.76. The monoisotopic (exact) mass is 246 g/mol. The van der Waals surface area contributed by atoms with Crippen LogP contribution in [0.25, 0.3) is 0 Å². The third-order valence-electron chi connectivity index (χ3n) is 2.10. The van der Waals surface area contributed by atoms with Crippen LogP contribution in [0.3, 0.4) is 0 Å². The fourth-order valence-electron chi connectivity index (χ4n) is 1.27. The Balaban J connectivity index is 2.63. The van der Waals surface area contributed by atoms with Crippen molar-refractivity contribution < 1.29 is 8.42 Å². The Kier molecular flexibility index (Phi) is 4.91. The van der Waals surface area contributed by atoms with Crippen molar-refractivity contribution in [1.82, 2.24) is 19.4 Å². The van der Waals surface area contributed by atoms with Gasteiger partial charge in [-0.3, -0.25) is 0 Å². The molecule has 1 aromatic heterocycles. The Labute approximate surface area is 96.0 Å². The van der Waals surface area contributed by atoms with Crippen LogP contribution in [0, 0.1) is 0 Å². The Morgan fingerprint density at radius 1 is 1.50 bits per heavy atom. The standard InChI is InChI=1S/C9H18N4O2S/c1-3-5-12-16(14,15)13-8(4-2)9-10-6-7-11-9/h6-8,12-13H,3-5H2,1-2H3,(H,10,11). The molecule has 16 heavy (non-hydrogen) atoms. The highest BCUT2D eigenvalue weighted by molar-refractivity contribution is 7.87. The number of rotatable bonds is 7. The van der Waals surface area contributed by atoms with E-state index in [4.69, 9.17) is 0 Å². The Morgan fingerprint density at radius 3 is 2.75 bits per heavy atom. The Bertz CT molecular complexity index is 388. The average molecular weight is 246 g/mol. The van der Waals surface area contributed by atoms with Crippen molar-refractivity contribution in [1.29, 1.82) is 0 Å². The van der Waals surface area contributed by atoms with Gasteiger partial charge in [0.2, 0.25) is 0 Å². The van der Waals surface area contributed by atoms with Crippen molar-refractivity contribution in [2.24, 2.45) is 0 Å². The normalized spacial score (nSPS) is 13.9. The molecule has 6 nitrogen and oxygen atoms in total. The van der Waals surface area contributed by atoms with Gasteiger partial charge in [0.1, 0.15) is 5.82 Å². The Morgan fingerprint density at radius 2 is 2.25 bits per heavy atom. The molecule has 92 valence electrons. The fraction of sp³-hybridized carbons (Fsp3) is 0.667. The first-order valence-corrected chi connectivity index (χ1v) is 6.83. The summed E-state index contributed by atoms with van der Waals surface area (Å²) in [6.45, 7) is 4.24. The van der Waals surface area contributed by atoms with Gasteiger partial charge in [0.15, 0.2) is 0 Å². The molecule has 1 rings (SSSR count). The molecular weight excluding hydrogens is 228 g/mol. The molecule has 0 aliphatic rings. The number of hydrogen-bond acceptors (Lipinski definition) is 3. The predicted molar refractivity (Wildman–Crippen MR) is 62.0 cm³/mol. The molecule has 0 aliphatic heterocycles. The summed E-state index contributed by atoms with van der Waals surface area (Å²) in [5.74, 6) is 0.629. The lowest BCUT2D eigenvalue weighted by molar-refractivity contribution is 0.527. The molecule has 0 saturated heterocycles. The van der Waals surface area contributed by atoms with Crippen LogP contribution in [0.5, 0.6) is 0 Å². The first-order chi connectivity index (χ1) is 7.59. The van der Waals surface area contributed by atoms with E-state index < -0.39 is 10.2 Å². The second kappa shape index (κ2) is 5.97. The largest absolute Gasteiger partial charge is 0.347 e. The Hall–Kier alpha value is -0.920. The highest BCUT2D eigenvalue weighted by Gasteiger charge is 2.18. The van der Waals surface area contributed by atoms with Gasteiger partial charge >= 0.3 is 0 Å². The van der Waals surface area contributed by atoms with Crippen LogP contribution in [-0.4, -0.2) is 24.9 Å². The van der Waals surface area contributed by atoms with Gasteiger partial charge in [-0.05, 0) is 12.8 Å². The van der Waals surface area contributed by atoms with Gasteiger partial charge in [0, 0.05) is 18.9 Å². The third kappa shape index (κ3) is 3.92. The highest BCUT2D eigenvalue weighted by Crippen LogP contribution is 2.11. The van der Waals surface area contributed by atoms with E-state index in [1.165, 1.54) is 0 Å². The molecular formula is C9H18N4O2S. The van der Waals surface area contributed by atoms with Gasteiger partial charge in [-0.15, -0.1) is 0 Å². The lowest BCUT2D eigenvalue weighted by Crippen LogP contribution is -2.39. The molecule has 7 heteroatoms. The maximum Gasteiger partial charge on any atom is 0.277 e. The third-order valence-corrected chi connectivity index (χ3v) is 3.28. The van der Waals surface area contributed by atoms with E-state index in [9.17, 15) is 8.42 Å². The van der Waals surface area contributed by atoms with Crippen LogP contribution >= 0.6 is 0 Å². The second-order valence-corrected chi connectivity index (χ2v) is 4.98. The van der Waals surface area contributed by atoms with Crippen molar-refractivity contribution >= 4 is 10.2 Å². The summed E-state index contributed by atoms with van der Waals surface area (Å²) in [5, 5.41) is 0. The van der Waals surface area contributed by atoms with E-state index in [0.29, 0.717) is 18.8 Å². The second-order valence-electron chi connectivity index (χ2n) is 3.45. The lowest BCUT2D eigenvalue weighted by Gasteiger charge is -2.15. The number of aromatic amines is 1. The molecule has 0 amide bonds. The molecule has 0 saturated carbocycles. The van der Waals surface area contributed by atoms with Crippen molar-refractivity contribution in [2.75, 3.05) is 6.54 Å². The zero-order valence-corrected chi connectivity index (χ0v) is 10.3.